The Labute approximate surface area is 89.5 Å². The molecule has 0 spiro atoms. The highest BCUT2D eigenvalue weighted by Gasteiger charge is 2.18. The van der Waals surface area contributed by atoms with Gasteiger partial charge in [0.1, 0.15) is 0 Å². The van der Waals surface area contributed by atoms with E-state index >= 15 is 0 Å². The predicted octanol–water partition coefficient (Wildman–Crippen LogP) is 2.16. The van der Waals surface area contributed by atoms with Crippen molar-refractivity contribution in [2.45, 2.75) is 45.6 Å². The molecule has 0 fully saturated rings. The van der Waals surface area contributed by atoms with Gasteiger partial charge in [0.05, 0.1) is 10.7 Å². The third-order valence-electron chi connectivity index (χ3n) is 2.91. The molecule has 78 valence electrons. The average Bonchev–Trinajstić information content (AvgIpc) is 2.63. The Hall–Kier alpha value is -0.410. The fourth-order valence-electron chi connectivity index (χ4n) is 1.77. The van der Waals surface area contributed by atoms with Gasteiger partial charge in [0, 0.05) is 17.3 Å². The van der Waals surface area contributed by atoms with Gasteiger partial charge in [0.2, 0.25) is 0 Å². The smallest absolute Gasteiger partial charge is 0.0946 e. The van der Waals surface area contributed by atoms with Crippen molar-refractivity contribution >= 4 is 11.3 Å². The van der Waals surface area contributed by atoms with E-state index in [1.54, 1.807) is 0 Å². The zero-order valence-corrected chi connectivity index (χ0v) is 9.73. The van der Waals surface area contributed by atoms with E-state index in [0.29, 0.717) is 5.92 Å². The molecule has 2 rings (SSSR count). The van der Waals surface area contributed by atoms with Crippen LogP contribution in [0.1, 0.15) is 35.8 Å². The van der Waals surface area contributed by atoms with Crippen molar-refractivity contribution in [1.29, 1.82) is 0 Å². The summed E-state index contributed by atoms with van der Waals surface area (Å²) in [6.45, 7) is 4.35. The predicted molar refractivity (Wildman–Crippen MR) is 60.7 cm³/mol. The van der Waals surface area contributed by atoms with Crippen LogP contribution >= 0.6 is 11.3 Å². The summed E-state index contributed by atoms with van der Waals surface area (Å²) in [6.07, 6.45) is 4.67. The topological polar surface area (TPSA) is 38.9 Å². The molecule has 0 amide bonds. The molecule has 1 heterocycles. The first kappa shape index (κ1) is 10.1. The molecule has 1 aromatic heterocycles. The lowest BCUT2D eigenvalue weighted by Crippen LogP contribution is -2.28. The van der Waals surface area contributed by atoms with Crippen LogP contribution in [-0.2, 0) is 19.3 Å². The van der Waals surface area contributed by atoms with Crippen LogP contribution in [0.25, 0.3) is 0 Å². The third-order valence-corrected chi connectivity index (χ3v) is 4.09. The van der Waals surface area contributed by atoms with Crippen LogP contribution in [0.2, 0.25) is 0 Å². The summed E-state index contributed by atoms with van der Waals surface area (Å²) in [6, 6.07) is 0.265. The monoisotopic (exact) mass is 210 g/mol. The molecule has 0 saturated heterocycles. The maximum atomic E-state index is 6.03. The summed E-state index contributed by atoms with van der Waals surface area (Å²) < 4.78 is 0. The minimum atomic E-state index is 0.265. The first-order chi connectivity index (χ1) is 6.66. The second-order valence-corrected chi connectivity index (χ2v) is 5.61. The van der Waals surface area contributed by atoms with Crippen LogP contribution < -0.4 is 5.73 Å². The Morgan fingerprint density at radius 2 is 2.21 bits per heavy atom. The summed E-state index contributed by atoms with van der Waals surface area (Å²) in [7, 11) is 0. The summed E-state index contributed by atoms with van der Waals surface area (Å²) in [5.74, 6) is 0.550. The van der Waals surface area contributed by atoms with Crippen LogP contribution in [0.4, 0.5) is 0 Å². The summed E-state index contributed by atoms with van der Waals surface area (Å²) in [5.41, 5.74) is 7.38. The van der Waals surface area contributed by atoms with Gasteiger partial charge < -0.3 is 5.73 Å². The van der Waals surface area contributed by atoms with Crippen molar-refractivity contribution in [2.75, 3.05) is 0 Å². The molecular formula is C11H18N2S. The molecule has 1 aliphatic rings. The van der Waals surface area contributed by atoms with E-state index in [4.69, 9.17) is 5.73 Å². The minimum absolute atomic E-state index is 0.265. The fourth-order valence-corrected chi connectivity index (χ4v) is 3.00. The number of hydrogen-bond donors (Lipinski definition) is 1. The number of aromatic nitrogens is 1. The van der Waals surface area contributed by atoms with Crippen molar-refractivity contribution < 1.29 is 0 Å². The van der Waals surface area contributed by atoms with Crippen LogP contribution in [0.3, 0.4) is 0 Å². The lowest BCUT2D eigenvalue weighted by Gasteiger charge is -2.13. The van der Waals surface area contributed by atoms with Crippen molar-refractivity contribution in [3.8, 4) is 0 Å². The molecule has 1 atom stereocenters. The first-order valence-electron chi connectivity index (χ1n) is 5.40. The van der Waals surface area contributed by atoms with Gasteiger partial charge in [-0.25, -0.2) is 4.98 Å². The average molecular weight is 210 g/mol. The molecule has 2 nitrogen and oxygen atoms in total. The standard InChI is InChI=1S/C11H18N2S/c1-7(2)8(12)6-11-13-9-4-3-5-10(9)14-11/h7-8H,3-6,12H2,1-2H3. The van der Waals surface area contributed by atoms with E-state index in [2.05, 4.69) is 18.8 Å². The number of aryl methyl sites for hydroxylation is 2. The first-order valence-corrected chi connectivity index (χ1v) is 6.21. The Morgan fingerprint density at radius 1 is 1.43 bits per heavy atom. The maximum Gasteiger partial charge on any atom is 0.0946 e. The summed E-state index contributed by atoms with van der Waals surface area (Å²) in [5, 5.41) is 1.25. The van der Waals surface area contributed by atoms with Gasteiger partial charge in [0.15, 0.2) is 0 Å². The number of rotatable bonds is 3. The minimum Gasteiger partial charge on any atom is -0.327 e. The molecule has 2 N–H and O–H groups in total. The quantitative estimate of drug-likeness (QED) is 0.830. The van der Waals surface area contributed by atoms with Crippen molar-refractivity contribution in [1.82, 2.24) is 4.98 Å². The molecular weight excluding hydrogens is 192 g/mol. The van der Waals surface area contributed by atoms with Gasteiger partial charge in [-0.05, 0) is 25.2 Å². The number of hydrogen-bond acceptors (Lipinski definition) is 3. The highest BCUT2D eigenvalue weighted by molar-refractivity contribution is 7.11. The van der Waals surface area contributed by atoms with Gasteiger partial charge in [0.25, 0.3) is 0 Å². The molecule has 14 heavy (non-hydrogen) atoms. The molecule has 3 heteroatoms. The fraction of sp³-hybridized carbons (Fsp3) is 0.727. The largest absolute Gasteiger partial charge is 0.327 e. The Kier molecular flexibility index (Phi) is 2.88. The van der Waals surface area contributed by atoms with Gasteiger partial charge in [-0.15, -0.1) is 11.3 Å². The van der Waals surface area contributed by atoms with Gasteiger partial charge >= 0.3 is 0 Å². The Bertz CT molecular complexity index is 296. The van der Waals surface area contributed by atoms with Crippen molar-refractivity contribution in [3.05, 3.63) is 15.6 Å². The van der Waals surface area contributed by atoms with Crippen molar-refractivity contribution in [3.63, 3.8) is 0 Å². The highest BCUT2D eigenvalue weighted by atomic mass is 32.1. The molecule has 1 aromatic rings. The van der Waals surface area contributed by atoms with E-state index in [-0.39, 0.29) is 6.04 Å². The van der Waals surface area contributed by atoms with Crippen LogP contribution in [0.5, 0.6) is 0 Å². The lowest BCUT2D eigenvalue weighted by molar-refractivity contribution is 0.489. The molecule has 0 saturated carbocycles. The van der Waals surface area contributed by atoms with Gasteiger partial charge in [-0.1, -0.05) is 13.8 Å². The zero-order chi connectivity index (χ0) is 10.1. The number of thiazole rings is 1. The van der Waals surface area contributed by atoms with Gasteiger partial charge in [-0.2, -0.15) is 0 Å². The molecule has 0 aromatic carbocycles. The van der Waals surface area contributed by atoms with Crippen LogP contribution in [-0.4, -0.2) is 11.0 Å². The molecule has 0 aliphatic heterocycles. The summed E-state index contributed by atoms with van der Waals surface area (Å²) >= 11 is 1.88. The van der Waals surface area contributed by atoms with Crippen molar-refractivity contribution in [2.24, 2.45) is 11.7 Å². The number of fused-ring (bicyclic) bond motifs is 1. The van der Waals surface area contributed by atoms with E-state index in [1.807, 2.05) is 11.3 Å². The second kappa shape index (κ2) is 3.99. The molecule has 1 unspecified atom stereocenters. The third kappa shape index (κ3) is 1.98. The SMILES string of the molecule is CC(C)C(N)Cc1nc2c(s1)CCC2. The highest BCUT2D eigenvalue weighted by Crippen LogP contribution is 2.28. The second-order valence-electron chi connectivity index (χ2n) is 4.44. The van der Waals surface area contributed by atoms with E-state index in [1.165, 1.54) is 34.8 Å². The maximum absolute atomic E-state index is 6.03. The van der Waals surface area contributed by atoms with E-state index in [0.717, 1.165) is 6.42 Å². The summed E-state index contributed by atoms with van der Waals surface area (Å²) in [4.78, 5) is 6.16. The number of nitrogens with two attached hydrogens (primary N) is 1. The zero-order valence-electron chi connectivity index (χ0n) is 8.92. The molecule has 1 aliphatic carbocycles. The van der Waals surface area contributed by atoms with Crippen LogP contribution in [0, 0.1) is 5.92 Å². The number of nitrogens with zero attached hydrogens (tertiary/aromatic N) is 1. The van der Waals surface area contributed by atoms with Crippen LogP contribution in [0.15, 0.2) is 0 Å². The van der Waals surface area contributed by atoms with E-state index in [9.17, 15) is 0 Å². The van der Waals surface area contributed by atoms with Gasteiger partial charge in [-0.3, -0.25) is 0 Å². The lowest BCUT2D eigenvalue weighted by atomic mass is 10.0. The molecule has 0 radical (unpaired) electrons. The Balaban J connectivity index is 2.04. The Morgan fingerprint density at radius 3 is 2.86 bits per heavy atom. The molecule has 0 bridgehead atoms. The normalized spacial score (nSPS) is 17.4. The van der Waals surface area contributed by atoms with E-state index < -0.39 is 0 Å².